The SMILES string of the molecule is CC[C@H](O)c1cc(F)ccc1OC. The van der Waals surface area contributed by atoms with Gasteiger partial charge in [-0.15, -0.1) is 0 Å². The molecule has 1 N–H and O–H groups in total. The van der Waals surface area contributed by atoms with Crippen LogP contribution in [0.5, 0.6) is 5.75 Å². The predicted molar refractivity (Wildman–Crippen MR) is 48.2 cm³/mol. The van der Waals surface area contributed by atoms with E-state index in [1.165, 1.54) is 25.3 Å². The number of methoxy groups -OCH3 is 1. The van der Waals surface area contributed by atoms with Crippen molar-refractivity contribution in [2.45, 2.75) is 19.4 Å². The minimum atomic E-state index is -0.661. The van der Waals surface area contributed by atoms with Crippen molar-refractivity contribution in [2.75, 3.05) is 7.11 Å². The highest BCUT2D eigenvalue weighted by molar-refractivity contribution is 5.35. The normalized spacial score (nSPS) is 12.6. The Morgan fingerprint density at radius 2 is 2.23 bits per heavy atom. The molecule has 0 aliphatic rings. The van der Waals surface area contributed by atoms with Crippen LogP contribution in [0, 0.1) is 5.82 Å². The summed E-state index contributed by atoms with van der Waals surface area (Å²) in [6, 6.07) is 4.13. The van der Waals surface area contributed by atoms with Gasteiger partial charge in [0.2, 0.25) is 0 Å². The summed E-state index contributed by atoms with van der Waals surface area (Å²) in [6.45, 7) is 1.83. The van der Waals surface area contributed by atoms with Crippen molar-refractivity contribution in [2.24, 2.45) is 0 Å². The van der Waals surface area contributed by atoms with Gasteiger partial charge in [0.15, 0.2) is 0 Å². The molecular formula is C10H13FO2. The predicted octanol–water partition coefficient (Wildman–Crippen LogP) is 2.28. The summed E-state index contributed by atoms with van der Waals surface area (Å²) in [7, 11) is 1.50. The lowest BCUT2D eigenvalue weighted by Gasteiger charge is -2.12. The zero-order valence-electron chi connectivity index (χ0n) is 7.75. The number of benzene rings is 1. The Morgan fingerprint density at radius 1 is 1.54 bits per heavy atom. The Balaban J connectivity index is 3.07. The highest BCUT2D eigenvalue weighted by atomic mass is 19.1. The number of halogens is 1. The molecule has 0 bridgehead atoms. The van der Waals surface area contributed by atoms with E-state index in [9.17, 15) is 9.50 Å². The van der Waals surface area contributed by atoms with Gasteiger partial charge in [-0.1, -0.05) is 6.92 Å². The van der Waals surface area contributed by atoms with Crippen molar-refractivity contribution in [1.29, 1.82) is 0 Å². The molecule has 1 rings (SSSR count). The molecule has 0 amide bonds. The molecule has 0 radical (unpaired) electrons. The van der Waals surface area contributed by atoms with Crippen LogP contribution in [-0.4, -0.2) is 12.2 Å². The number of hydrogen-bond acceptors (Lipinski definition) is 2. The van der Waals surface area contributed by atoms with Gasteiger partial charge in [-0.05, 0) is 24.6 Å². The highest BCUT2D eigenvalue weighted by Gasteiger charge is 2.11. The monoisotopic (exact) mass is 184 g/mol. The van der Waals surface area contributed by atoms with Gasteiger partial charge in [-0.25, -0.2) is 4.39 Å². The minimum absolute atomic E-state index is 0.358. The molecule has 0 aliphatic heterocycles. The van der Waals surface area contributed by atoms with Gasteiger partial charge in [0.05, 0.1) is 13.2 Å². The van der Waals surface area contributed by atoms with Gasteiger partial charge in [0, 0.05) is 5.56 Å². The van der Waals surface area contributed by atoms with Crippen LogP contribution in [0.4, 0.5) is 4.39 Å². The van der Waals surface area contributed by atoms with Crippen LogP contribution in [0.2, 0.25) is 0 Å². The van der Waals surface area contributed by atoms with Gasteiger partial charge in [-0.3, -0.25) is 0 Å². The lowest BCUT2D eigenvalue weighted by Crippen LogP contribution is -1.99. The van der Waals surface area contributed by atoms with E-state index >= 15 is 0 Å². The molecule has 0 saturated heterocycles. The van der Waals surface area contributed by atoms with Gasteiger partial charge in [-0.2, -0.15) is 0 Å². The summed E-state index contributed by atoms with van der Waals surface area (Å²) in [6.07, 6.45) is -0.120. The first-order chi connectivity index (χ1) is 6.19. The average Bonchev–Trinajstić information content (AvgIpc) is 2.16. The van der Waals surface area contributed by atoms with Gasteiger partial charge < -0.3 is 9.84 Å². The van der Waals surface area contributed by atoms with Crippen LogP contribution in [0.3, 0.4) is 0 Å². The van der Waals surface area contributed by atoms with Crippen molar-refractivity contribution >= 4 is 0 Å². The maximum atomic E-state index is 12.8. The maximum absolute atomic E-state index is 12.8. The molecule has 1 aromatic carbocycles. The largest absolute Gasteiger partial charge is 0.496 e. The molecule has 3 heteroatoms. The second-order valence-electron chi connectivity index (χ2n) is 2.81. The van der Waals surface area contributed by atoms with Gasteiger partial charge in [0.1, 0.15) is 11.6 Å². The van der Waals surface area contributed by atoms with Crippen LogP contribution in [0.15, 0.2) is 18.2 Å². The van der Waals surface area contributed by atoms with Crippen molar-refractivity contribution in [1.82, 2.24) is 0 Å². The highest BCUT2D eigenvalue weighted by Crippen LogP contribution is 2.27. The molecule has 0 saturated carbocycles. The van der Waals surface area contributed by atoms with E-state index in [2.05, 4.69) is 0 Å². The first-order valence-electron chi connectivity index (χ1n) is 4.20. The molecule has 0 spiro atoms. The van der Waals surface area contributed by atoms with Crippen LogP contribution in [0.1, 0.15) is 25.0 Å². The first kappa shape index (κ1) is 9.99. The fraction of sp³-hybridized carbons (Fsp3) is 0.400. The molecule has 72 valence electrons. The van der Waals surface area contributed by atoms with Gasteiger partial charge >= 0.3 is 0 Å². The summed E-state index contributed by atoms with van der Waals surface area (Å²) in [5.74, 6) is 0.166. The molecule has 2 nitrogen and oxygen atoms in total. The van der Waals surface area contributed by atoms with Crippen LogP contribution in [0.25, 0.3) is 0 Å². The maximum Gasteiger partial charge on any atom is 0.124 e. The average molecular weight is 184 g/mol. The third kappa shape index (κ3) is 2.18. The molecule has 0 aliphatic carbocycles. The Morgan fingerprint density at radius 3 is 2.77 bits per heavy atom. The van der Waals surface area contributed by atoms with Crippen molar-refractivity contribution in [3.05, 3.63) is 29.6 Å². The fourth-order valence-electron chi connectivity index (χ4n) is 1.19. The molecule has 0 heterocycles. The van der Waals surface area contributed by atoms with E-state index in [0.29, 0.717) is 17.7 Å². The third-order valence-electron chi connectivity index (χ3n) is 1.94. The van der Waals surface area contributed by atoms with E-state index in [1.807, 2.05) is 6.92 Å². The molecule has 0 fully saturated rings. The van der Waals surface area contributed by atoms with Gasteiger partial charge in [0.25, 0.3) is 0 Å². The Kier molecular flexibility index (Phi) is 3.25. The zero-order valence-corrected chi connectivity index (χ0v) is 7.75. The third-order valence-corrected chi connectivity index (χ3v) is 1.94. The molecule has 0 aromatic heterocycles. The summed E-state index contributed by atoms with van der Waals surface area (Å²) in [4.78, 5) is 0. The molecule has 1 aromatic rings. The molecule has 13 heavy (non-hydrogen) atoms. The minimum Gasteiger partial charge on any atom is -0.496 e. The Hall–Kier alpha value is -1.09. The standard InChI is InChI=1S/C10H13FO2/c1-3-9(12)8-6-7(11)4-5-10(8)13-2/h4-6,9,12H,3H2,1-2H3/t9-/m0/s1. The molecule has 1 atom stereocenters. The summed E-state index contributed by atoms with van der Waals surface area (Å²) >= 11 is 0. The number of hydrogen-bond donors (Lipinski definition) is 1. The van der Waals surface area contributed by atoms with E-state index in [1.54, 1.807) is 0 Å². The van der Waals surface area contributed by atoms with Crippen LogP contribution >= 0.6 is 0 Å². The number of ether oxygens (including phenoxy) is 1. The Bertz CT molecular complexity index is 286. The van der Waals surface area contributed by atoms with E-state index < -0.39 is 6.10 Å². The van der Waals surface area contributed by atoms with E-state index in [4.69, 9.17) is 4.74 Å². The van der Waals surface area contributed by atoms with E-state index in [-0.39, 0.29) is 5.82 Å². The smallest absolute Gasteiger partial charge is 0.124 e. The summed E-state index contributed by atoms with van der Waals surface area (Å²) < 4.78 is 17.8. The molecular weight excluding hydrogens is 171 g/mol. The van der Waals surface area contributed by atoms with Crippen LogP contribution < -0.4 is 4.74 Å². The molecule has 0 unspecified atom stereocenters. The fourth-order valence-corrected chi connectivity index (χ4v) is 1.19. The summed E-state index contributed by atoms with van der Waals surface area (Å²) in [5.41, 5.74) is 0.505. The van der Waals surface area contributed by atoms with Crippen molar-refractivity contribution in [3.63, 3.8) is 0 Å². The summed E-state index contributed by atoms with van der Waals surface area (Å²) in [5, 5.41) is 9.52. The van der Waals surface area contributed by atoms with Crippen LogP contribution in [-0.2, 0) is 0 Å². The second kappa shape index (κ2) is 4.23. The van der Waals surface area contributed by atoms with E-state index in [0.717, 1.165) is 0 Å². The quantitative estimate of drug-likeness (QED) is 0.780. The zero-order chi connectivity index (χ0) is 9.84. The number of aliphatic hydroxyl groups is 1. The van der Waals surface area contributed by atoms with Crippen molar-refractivity contribution in [3.8, 4) is 5.75 Å². The second-order valence-corrected chi connectivity index (χ2v) is 2.81. The lowest BCUT2D eigenvalue weighted by molar-refractivity contribution is 0.169. The number of rotatable bonds is 3. The lowest BCUT2D eigenvalue weighted by atomic mass is 10.1. The van der Waals surface area contributed by atoms with Crippen molar-refractivity contribution < 1.29 is 14.2 Å². The Labute approximate surface area is 77.0 Å². The first-order valence-corrected chi connectivity index (χ1v) is 4.20. The number of aliphatic hydroxyl groups excluding tert-OH is 1. The topological polar surface area (TPSA) is 29.5 Å².